The van der Waals surface area contributed by atoms with Crippen molar-refractivity contribution in [2.24, 2.45) is 50.7 Å². The zero-order chi connectivity index (χ0) is 32.5. The molecule has 5 aliphatic carbocycles. The van der Waals surface area contributed by atoms with Crippen LogP contribution in [-0.2, 0) is 6.54 Å². The SMILES string of the molecule is Cc1nccn1CCCNC[C@]12CCCC1C1CCC3C4(C)CC=C(c5ccc(C(=O)O)cc5)C(C)(C)C4CCC3(C)[C@]1(C)CC2. The van der Waals surface area contributed by atoms with Crippen LogP contribution in [0.2, 0.25) is 0 Å². The van der Waals surface area contributed by atoms with Gasteiger partial charge in [-0.15, -0.1) is 0 Å². The number of hydrogen-bond donors (Lipinski definition) is 2. The number of carboxylic acids is 1. The summed E-state index contributed by atoms with van der Waals surface area (Å²) in [6, 6.07) is 7.66. The van der Waals surface area contributed by atoms with Crippen molar-refractivity contribution in [3.05, 3.63) is 59.7 Å². The first-order valence-corrected chi connectivity index (χ1v) is 18.6. The summed E-state index contributed by atoms with van der Waals surface area (Å²) in [7, 11) is 0. The van der Waals surface area contributed by atoms with Gasteiger partial charge >= 0.3 is 5.97 Å². The Morgan fingerprint density at radius 2 is 1.72 bits per heavy atom. The van der Waals surface area contributed by atoms with Crippen LogP contribution in [0.15, 0.2) is 42.7 Å². The van der Waals surface area contributed by atoms with E-state index in [4.69, 9.17) is 0 Å². The molecule has 2 aromatic rings. The summed E-state index contributed by atoms with van der Waals surface area (Å²) in [5, 5.41) is 13.4. The molecule has 4 saturated carbocycles. The van der Waals surface area contributed by atoms with Crippen LogP contribution in [0.3, 0.4) is 0 Å². The van der Waals surface area contributed by atoms with Crippen molar-refractivity contribution in [3.8, 4) is 0 Å². The van der Waals surface area contributed by atoms with Crippen molar-refractivity contribution < 1.29 is 9.90 Å². The number of benzene rings is 1. The molecule has 1 aromatic heterocycles. The van der Waals surface area contributed by atoms with Gasteiger partial charge in [-0.3, -0.25) is 0 Å². The first-order chi connectivity index (χ1) is 21.9. The highest BCUT2D eigenvalue weighted by atomic mass is 16.4. The van der Waals surface area contributed by atoms with Gasteiger partial charge in [0.25, 0.3) is 0 Å². The van der Waals surface area contributed by atoms with Gasteiger partial charge in [0.2, 0.25) is 0 Å². The van der Waals surface area contributed by atoms with Crippen molar-refractivity contribution >= 4 is 11.5 Å². The van der Waals surface area contributed by atoms with Crippen LogP contribution in [0.4, 0.5) is 0 Å². The minimum absolute atomic E-state index is 0.0617. The van der Waals surface area contributed by atoms with Crippen LogP contribution >= 0.6 is 0 Å². The molecule has 250 valence electrons. The number of fused-ring (bicyclic) bond motifs is 7. The quantitative estimate of drug-likeness (QED) is 0.287. The van der Waals surface area contributed by atoms with Crippen LogP contribution in [0.25, 0.3) is 5.57 Å². The van der Waals surface area contributed by atoms with Gasteiger partial charge in [-0.25, -0.2) is 9.78 Å². The third kappa shape index (κ3) is 4.71. The highest BCUT2D eigenvalue weighted by Crippen LogP contribution is 2.77. The van der Waals surface area contributed by atoms with Crippen LogP contribution in [0, 0.1) is 57.7 Å². The maximum absolute atomic E-state index is 11.5. The molecular weight excluding hydrogens is 566 g/mol. The number of nitrogens with zero attached hydrogens (tertiary/aromatic N) is 2. The molecule has 0 aliphatic heterocycles. The lowest BCUT2D eigenvalue weighted by molar-refractivity contribution is -0.222. The minimum Gasteiger partial charge on any atom is -0.478 e. The molecule has 1 heterocycles. The molecule has 4 fully saturated rings. The Bertz CT molecular complexity index is 1490. The van der Waals surface area contributed by atoms with Gasteiger partial charge in [0.1, 0.15) is 5.82 Å². The largest absolute Gasteiger partial charge is 0.478 e. The van der Waals surface area contributed by atoms with E-state index in [1.165, 1.54) is 81.9 Å². The summed E-state index contributed by atoms with van der Waals surface area (Å²) in [6.45, 7) is 18.6. The predicted molar refractivity (Wildman–Crippen MR) is 186 cm³/mol. The number of carbonyl (C=O) groups is 1. The summed E-state index contributed by atoms with van der Waals surface area (Å²) in [6.07, 6.45) is 21.5. The molecule has 0 amide bonds. The fourth-order valence-corrected chi connectivity index (χ4v) is 13.3. The standard InChI is InChI=1S/C41H59N3O2/c1-28-43-24-26-44(28)25-8-23-42-27-41-18-7-9-33(41)32-14-15-35-38(4)19-16-31(29-10-12-30(13-11-29)36(45)46)37(2,3)34(38)17-20-40(35,6)39(32,5)21-22-41/h10-13,16,24,26,32-35,42H,7-9,14-15,17-23,25,27H2,1-6H3,(H,45,46)/t32?,33?,34?,35?,38?,39-,40?,41-/m1/s1. The Morgan fingerprint density at radius 1 is 0.935 bits per heavy atom. The maximum Gasteiger partial charge on any atom is 0.335 e. The Morgan fingerprint density at radius 3 is 2.43 bits per heavy atom. The number of allylic oxidation sites excluding steroid dienone is 2. The number of imidazole rings is 1. The second-order valence-electron chi connectivity index (χ2n) is 17.7. The molecule has 8 atom stereocenters. The molecular formula is C41H59N3O2. The Labute approximate surface area is 278 Å². The van der Waals surface area contributed by atoms with E-state index < -0.39 is 5.97 Å². The summed E-state index contributed by atoms with van der Waals surface area (Å²) < 4.78 is 2.28. The third-order valence-electron chi connectivity index (χ3n) is 15.7. The van der Waals surface area contributed by atoms with Crippen molar-refractivity contribution in [2.45, 2.75) is 119 Å². The van der Waals surface area contributed by atoms with Gasteiger partial charge in [-0.1, -0.05) is 59.2 Å². The molecule has 0 bridgehead atoms. The Balaban J connectivity index is 1.09. The second-order valence-corrected chi connectivity index (χ2v) is 17.7. The summed E-state index contributed by atoms with van der Waals surface area (Å²) in [5.74, 6) is 3.40. The summed E-state index contributed by atoms with van der Waals surface area (Å²) >= 11 is 0. The molecule has 1 aromatic carbocycles. The number of aromatic nitrogens is 2. The number of hydrogen-bond acceptors (Lipinski definition) is 3. The van der Waals surface area contributed by atoms with Gasteiger partial charge in [0.15, 0.2) is 0 Å². The van der Waals surface area contributed by atoms with Gasteiger partial charge in [0, 0.05) is 25.5 Å². The van der Waals surface area contributed by atoms with E-state index in [1.807, 2.05) is 18.3 Å². The molecule has 7 rings (SSSR count). The van der Waals surface area contributed by atoms with E-state index in [0.29, 0.717) is 33.1 Å². The average molecular weight is 626 g/mol. The van der Waals surface area contributed by atoms with Crippen molar-refractivity contribution in [1.82, 2.24) is 14.9 Å². The van der Waals surface area contributed by atoms with Gasteiger partial charge in [-0.05, 0) is 152 Å². The Kier molecular flexibility index (Phi) is 7.93. The first-order valence-electron chi connectivity index (χ1n) is 18.6. The van der Waals surface area contributed by atoms with Crippen molar-refractivity contribution in [1.29, 1.82) is 0 Å². The van der Waals surface area contributed by atoms with Gasteiger partial charge in [0.05, 0.1) is 5.56 Å². The first kappa shape index (κ1) is 32.2. The van der Waals surface area contributed by atoms with E-state index in [2.05, 4.69) is 68.7 Å². The van der Waals surface area contributed by atoms with Crippen molar-refractivity contribution in [2.75, 3.05) is 13.1 Å². The van der Waals surface area contributed by atoms with E-state index >= 15 is 0 Å². The van der Waals surface area contributed by atoms with E-state index in [9.17, 15) is 9.90 Å². The number of carboxylic acid groups (broad SMARTS) is 1. The zero-order valence-corrected chi connectivity index (χ0v) is 29.5. The monoisotopic (exact) mass is 625 g/mol. The lowest BCUT2D eigenvalue weighted by Crippen LogP contribution is -2.65. The fraction of sp³-hybridized carbons (Fsp3) is 0.707. The lowest BCUT2D eigenvalue weighted by atomic mass is 9.32. The van der Waals surface area contributed by atoms with E-state index in [0.717, 1.165) is 43.1 Å². The van der Waals surface area contributed by atoms with Crippen LogP contribution in [0.1, 0.15) is 127 Å². The normalized spacial score (nSPS) is 39.5. The molecule has 0 saturated heterocycles. The highest BCUT2D eigenvalue weighted by molar-refractivity contribution is 5.88. The zero-order valence-electron chi connectivity index (χ0n) is 29.5. The smallest absolute Gasteiger partial charge is 0.335 e. The average Bonchev–Trinajstić information content (AvgIpc) is 3.63. The lowest BCUT2D eigenvalue weighted by Gasteiger charge is -2.72. The van der Waals surface area contributed by atoms with E-state index in [1.54, 1.807) is 12.1 Å². The summed E-state index contributed by atoms with van der Waals surface area (Å²) in [4.78, 5) is 15.9. The molecule has 6 unspecified atom stereocenters. The third-order valence-corrected chi connectivity index (χ3v) is 15.7. The molecule has 5 nitrogen and oxygen atoms in total. The molecule has 5 aliphatic rings. The summed E-state index contributed by atoms with van der Waals surface area (Å²) in [5.41, 5.74) is 4.67. The van der Waals surface area contributed by atoms with E-state index in [-0.39, 0.29) is 5.41 Å². The van der Waals surface area contributed by atoms with Gasteiger partial charge in [-0.2, -0.15) is 0 Å². The maximum atomic E-state index is 11.5. The molecule has 0 radical (unpaired) electrons. The fourth-order valence-electron chi connectivity index (χ4n) is 13.3. The molecule has 0 spiro atoms. The van der Waals surface area contributed by atoms with Crippen LogP contribution in [0.5, 0.6) is 0 Å². The Hall–Kier alpha value is -2.40. The highest BCUT2D eigenvalue weighted by Gasteiger charge is 2.69. The number of nitrogens with one attached hydrogen (secondary N) is 1. The molecule has 2 N–H and O–H groups in total. The number of aryl methyl sites for hydroxylation is 2. The minimum atomic E-state index is -0.850. The van der Waals surface area contributed by atoms with Crippen molar-refractivity contribution in [3.63, 3.8) is 0 Å². The molecule has 46 heavy (non-hydrogen) atoms. The van der Waals surface area contributed by atoms with Crippen LogP contribution < -0.4 is 5.32 Å². The predicted octanol–water partition coefficient (Wildman–Crippen LogP) is 9.42. The molecule has 5 heteroatoms. The topological polar surface area (TPSA) is 67.2 Å². The van der Waals surface area contributed by atoms with Gasteiger partial charge < -0.3 is 15.0 Å². The second kappa shape index (κ2) is 11.3. The number of aromatic carboxylic acids is 1. The van der Waals surface area contributed by atoms with Crippen LogP contribution in [-0.4, -0.2) is 33.7 Å². The number of rotatable bonds is 8.